The highest BCUT2D eigenvalue weighted by Gasteiger charge is 2.56. The van der Waals surface area contributed by atoms with Crippen molar-refractivity contribution in [3.8, 4) is 57.5 Å². The van der Waals surface area contributed by atoms with E-state index in [9.17, 15) is 28.8 Å². The predicted octanol–water partition coefficient (Wildman–Crippen LogP) is 10.3. The van der Waals surface area contributed by atoms with Crippen LogP contribution in [0.3, 0.4) is 0 Å². The first-order valence-corrected chi connectivity index (χ1v) is 23.9. The summed E-state index contributed by atoms with van der Waals surface area (Å²) in [5.74, 6) is -2.84. The molecule has 2 unspecified atom stereocenters. The summed E-state index contributed by atoms with van der Waals surface area (Å²) in [6, 6.07) is 30.6. The third kappa shape index (κ3) is 12.5. The Morgan fingerprint density at radius 3 is 1.06 bits per heavy atom. The Hall–Kier alpha value is -9.78. The number of ether oxygens (including phenoxy) is 8. The van der Waals surface area contributed by atoms with Crippen LogP contribution in [-0.2, 0) is 53.0 Å². The minimum Gasteiger partial charge on any atom is -0.485 e. The molecular formula is C60H50O18. The lowest BCUT2D eigenvalue weighted by Gasteiger charge is -2.53. The van der Waals surface area contributed by atoms with Gasteiger partial charge in [0.05, 0.1) is 11.1 Å². The Bertz CT molecular complexity index is 3320. The molecule has 0 fully saturated rings. The van der Waals surface area contributed by atoms with Crippen LogP contribution in [-0.4, -0.2) is 48.0 Å². The summed E-state index contributed by atoms with van der Waals surface area (Å²) in [6.07, 6.45) is 2.65. The quantitative estimate of drug-likeness (QED) is 0.0229. The number of benzene rings is 6. The molecule has 6 aromatic carbocycles. The van der Waals surface area contributed by atoms with Gasteiger partial charge in [-0.05, 0) is 96.1 Å². The fourth-order valence-corrected chi connectivity index (χ4v) is 8.23. The Morgan fingerprint density at radius 1 is 0.423 bits per heavy atom. The minimum absolute atomic E-state index is 0.0469. The van der Waals surface area contributed by atoms with Gasteiger partial charge in [0.15, 0.2) is 11.5 Å². The van der Waals surface area contributed by atoms with E-state index in [1.165, 1.54) is 54.6 Å². The zero-order valence-corrected chi connectivity index (χ0v) is 42.6. The normalized spacial score (nSPS) is 15.0. The standard InChI is InChI=1S/C60H50O18/c1-9-51(61)69-39-21-13-35(14-22-39)33-67-77-49-30-44-46(32-50(49)78-68-34-36-15-23-40(24-16-36)70-52(62)10-2)74-55-56(60(44,7)8)73-45-31-48(76-58(66)38-19-27-42(28-20-38)72-54(64)12-4)47(29-43(45)59(55,5)6)75-57(65)37-17-25-41(26-18-37)71-53(63)11-3/h9-32,55-56H,1-4,33-34H2,5-8H3. The maximum absolute atomic E-state index is 13.8. The monoisotopic (exact) mass is 1060 g/mol. The van der Waals surface area contributed by atoms with E-state index in [1.54, 1.807) is 66.7 Å². The van der Waals surface area contributed by atoms with Crippen molar-refractivity contribution in [1.29, 1.82) is 0 Å². The summed E-state index contributed by atoms with van der Waals surface area (Å²) in [5, 5.41) is 0. The van der Waals surface area contributed by atoms with Gasteiger partial charge >= 0.3 is 35.8 Å². The SMILES string of the molecule is C=CC(=O)Oc1ccc(COOc2cc3c(cc2OOCc2ccc(OC(=O)C=C)cc2)C(C)(C)C2Oc4cc(OC(=O)c5ccc(OC(=O)C=C)cc5)c(OC(=O)c5ccc(OC(=O)C=C)cc5)cc4C(C)(C)C2O3)cc1. The summed E-state index contributed by atoms with van der Waals surface area (Å²) < 4.78 is 46.4. The molecule has 18 nitrogen and oxygen atoms in total. The van der Waals surface area contributed by atoms with E-state index >= 15 is 0 Å². The summed E-state index contributed by atoms with van der Waals surface area (Å²) in [7, 11) is 0. The van der Waals surface area contributed by atoms with Crippen LogP contribution in [0.5, 0.6) is 57.5 Å². The van der Waals surface area contributed by atoms with E-state index in [1.807, 2.05) is 27.7 Å². The molecule has 2 heterocycles. The second-order valence-corrected chi connectivity index (χ2v) is 18.4. The number of carbonyl (C=O) groups excluding carboxylic acids is 6. The summed E-state index contributed by atoms with van der Waals surface area (Å²) >= 11 is 0. The van der Waals surface area contributed by atoms with Gasteiger partial charge in [-0.1, -0.05) is 78.3 Å². The number of hydrogen-bond acceptors (Lipinski definition) is 18. The van der Waals surface area contributed by atoms with Crippen molar-refractivity contribution in [2.75, 3.05) is 0 Å². The minimum atomic E-state index is -0.937. The topological polar surface area (TPSA) is 213 Å². The van der Waals surface area contributed by atoms with Gasteiger partial charge in [-0.15, -0.1) is 0 Å². The summed E-state index contributed by atoms with van der Waals surface area (Å²) in [6.45, 7) is 21.3. The molecule has 0 aliphatic carbocycles. The second-order valence-electron chi connectivity index (χ2n) is 18.4. The van der Waals surface area contributed by atoms with Gasteiger partial charge in [0.25, 0.3) is 0 Å². The van der Waals surface area contributed by atoms with Crippen LogP contribution in [0.15, 0.2) is 172 Å². The van der Waals surface area contributed by atoms with Crippen LogP contribution in [0, 0.1) is 0 Å². The number of hydrogen-bond donors (Lipinski definition) is 0. The number of fused-ring (bicyclic) bond motifs is 3. The lowest BCUT2D eigenvalue weighted by molar-refractivity contribution is -0.239. The fourth-order valence-electron chi connectivity index (χ4n) is 8.23. The number of esters is 6. The van der Waals surface area contributed by atoms with E-state index in [4.69, 9.17) is 57.4 Å². The van der Waals surface area contributed by atoms with Crippen molar-refractivity contribution in [3.63, 3.8) is 0 Å². The molecule has 6 aromatic rings. The highest BCUT2D eigenvalue weighted by Crippen LogP contribution is 2.55. The molecule has 78 heavy (non-hydrogen) atoms. The zero-order chi connectivity index (χ0) is 55.7. The second kappa shape index (κ2) is 23.4. The van der Waals surface area contributed by atoms with Crippen molar-refractivity contribution in [2.45, 2.75) is 63.9 Å². The third-order valence-corrected chi connectivity index (χ3v) is 12.4. The highest BCUT2D eigenvalue weighted by atomic mass is 17.2. The molecule has 0 bridgehead atoms. The maximum atomic E-state index is 13.8. The zero-order valence-electron chi connectivity index (χ0n) is 42.6. The van der Waals surface area contributed by atoms with Crippen molar-refractivity contribution in [2.24, 2.45) is 0 Å². The first-order valence-electron chi connectivity index (χ1n) is 23.9. The van der Waals surface area contributed by atoms with Crippen LogP contribution >= 0.6 is 0 Å². The molecule has 0 aromatic heterocycles. The Kier molecular flexibility index (Phi) is 16.3. The molecule has 2 aliphatic heterocycles. The van der Waals surface area contributed by atoms with Gasteiger partial charge in [0.2, 0.25) is 11.5 Å². The predicted molar refractivity (Wildman–Crippen MR) is 278 cm³/mol. The number of carbonyl (C=O) groups is 6. The van der Waals surface area contributed by atoms with E-state index in [0.717, 1.165) is 24.3 Å². The molecule has 398 valence electrons. The molecule has 0 amide bonds. The Morgan fingerprint density at radius 2 is 0.718 bits per heavy atom. The number of rotatable bonds is 20. The Balaban J connectivity index is 1.10. The fraction of sp³-hybridized carbons (Fsp3) is 0.167. The van der Waals surface area contributed by atoms with E-state index in [-0.39, 0.29) is 64.6 Å². The Labute approximate surface area is 447 Å². The molecule has 0 N–H and O–H groups in total. The molecule has 0 spiro atoms. The largest absolute Gasteiger partial charge is 0.485 e. The van der Waals surface area contributed by atoms with Gasteiger partial charge in [0.1, 0.15) is 59.9 Å². The van der Waals surface area contributed by atoms with Crippen molar-refractivity contribution in [1.82, 2.24) is 0 Å². The molecule has 2 aliphatic rings. The van der Waals surface area contributed by atoms with Gasteiger partial charge < -0.3 is 47.7 Å². The molecule has 18 heteroatoms. The van der Waals surface area contributed by atoms with E-state index in [0.29, 0.717) is 39.5 Å². The lowest BCUT2D eigenvalue weighted by atomic mass is 9.65. The van der Waals surface area contributed by atoms with Gasteiger partial charge in [-0.25, -0.2) is 28.8 Å². The van der Waals surface area contributed by atoms with Crippen LogP contribution in [0.4, 0.5) is 0 Å². The summed E-state index contributed by atoms with van der Waals surface area (Å²) in [5.41, 5.74) is 0.800. The first-order chi connectivity index (χ1) is 37.4. The highest BCUT2D eigenvalue weighted by molar-refractivity contribution is 5.94. The molecule has 0 radical (unpaired) electrons. The smallest absolute Gasteiger partial charge is 0.343 e. The third-order valence-electron chi connectivity index (χ3n) is 12.4. The van der Waals surface area contributed by atoms with Gasteiger partial charge in [0, 0.05) is 58.4 Å². The van der Waals surface area contributed by atoms with Crippen LogP contribution in [0.1, 0.15) is 70.7 Å². The van der Waals surface area contributed by atoms with E-state index in [2.05, 4.69) is 26.3 Å². The first kappa shape index (κ1) is 54.5. The van der Waals surface area contributed by atoms with Crippen LogP contribution in [0.2, 0.25) is 0 Å². The van der Waals surface area contributed by atoms with E-state index < -0.39 is 58.9 Å². The molecule has 0 saturated carbocycles. The summed E-state index contributed by atoms with van der Waals surface area (Å²) in [4.78, 5) is 98.0. The van der Waals surface area contributed by atoms with Crippen LogP contribution in [0.25, 0.3) is 0 Å². The van der Waals surface area contributed by atoms with Crippen molar-refractivity contribution >= 4 is 35.8 Å². The van der Waals surface area contributed by atoms with Crippen LogP contribution < -0.4 is 47.7 Å². The van der Waals surface area contributed by atoms with Crippen molar-refractivity contribution < 1.29 is 86.2 Å². The molecule has 2 atom stereocenters. The molecule has 8 rings (SSSR count). The molecular weight excluding hydrogens is 1010 g/mol. The lowest BCUT2D eigenvalue weighted by Crippen LogP contribution is -2.61. The van der Waals surface area contributed by atoms with Gasteiger partial charge in [-0.2, -0.15) is 9.78 Å². The molecule has 0 saturated heterocycles. The average molecular weight is 1060 g/mol. The van der Waals surface area contributed by atoms with Gasteiger partial charge in [-0.3, -0.25) is 0 Å². The van der Waals surface area contributed by atoms with Crippen molar-refractivity contribution in [3.05, 3.63) is 205 Å². The maximum Gasteiger partial charge on any atom is 0.343 e. The average Bonchev–Trinajstić information content (AvgIpc) is 3.60.